The van der Waals surface area contributed by atoms with Crippen LogP contribution in [0.5, 0.6) is 5.75 Å². The predicted molar refractivity (Wildman–Crippen MR) is 131 cm³/mol. The Morgan fingerprint density at radius 1 is 0.921 bits per heavy atom. The van der Waals surface area contributed by atoms with Crippen LogP contribution >= 0.6 is 11.6 Å². The van der Waals surface area contributed by atoms with E-state index in [1.165, 1.54) is 0 Å². The van der Waals surface area contributed by atoms with Crippen LogP contribution in [0.15, 0.2) is 18.2 Å². The van der Waals surface area contributed by atoms with Crippen LogP contribution < -0.4 is 10.1 Å². The fourth-order valence-corrected chi connectivity index (χ4v) is 3.99. The molecule has 1 heterocycles. The van der Waals surface area contributed by atoms with Crippen molar-refractivity contribution in [3.05, 3.63) is 28.8 Å². The van der Waals surface area contributed by atoms with Crippen molar-refractivity contribution in [2.75, 3.05) is 13.2 Å². The van der Waals surface area contributed by atoms with E-state index in [2.05, 4.69) is 5.32 Å². The van der Waals surface area contributed by atoms with E-state index >= 15 is 0 Å². The third-order valence-corrected chi connectivity index (χ3v) is 5.49. The molecule has 0 bridgehead atoms. The Morgan fingerprint density at radius 2 is 1.55 bits per heavy atom. The summed E-state index contributed by atoms with van der Waals surface area (Å²) >= 11 is 5.95. The van der Waals surface area contributed by atoms with Crippen molar-refractivity contribution in [1.29, 1.82) is 0 Å². The molecule has 38 heavy (non-hydrogen) atoms. The van der Waals surface area contributed by atoms with Gasteiger partial charge in [-0.25, -0.2) is 0 Å². The number of amides is 1. The van der Waals surface area contributed by atoms with Crippen LogP contribution in [0.2, 0.25) is 5.02 Å². The lowest BCUT2D eigenvalue weighted by atomic mass is 9.95. The summed E-state index contributed by atoms with van der Waals surface area (Å²) in [5, 5.41) is 3.22. The van der Waals surface area contributed by atoms with E-state index in [9.17, 15) is 24.0 Å². The summed E-state index contributed by atoms with van der Waals surface area (Å²) in [5.74, 6) is -2.76. The number of hydrogen-bond donors (Lipinski definition) is 1. The largest absolute Gasteiger partial charge is 0.493 e. The van der Waals surface area contributed by atoms with Gasteiger partial charge in [-0.15, -0.1) is 0 Å². The van der Waals surface area contributed by atoms with Crippen LogP contribution in [0, 0.1) is 6.92 Å². The maximum Gasteiger partial charge on any atom is 0.305 e. The zero-order chi connectivity index (χ0) is 28.4. The van der Waals surface area contributed by atoms with Crippen LogP contribution in [0.1, 0.15) is 46.1 Å². The van der Waals surface area contributed by atoms with Crippen LogP contribution in [0.25, 0.3) is 0 Å². The molecule has 1 saturated heterocycles. The van der Waals surface area contributed by atoms with Crippen molar-refractivity contribution in [2.45, 2.75) is 78.1 Å². The number of nitrogens with one attached hydrogen (secondary N) is 1. The first-order chi connectivity index (χ1) is 17.9. The highest BCUT2D eigenvalue weighted by atomic mass is 35.5. The molecule has 1 N–H and O–H groups in total. The highest BCUT2D eigenvalue weighted by molar-refractivity contribution is 6.30. The van der Waals surface area contributed by atoms with Gasteiger partial charge >= 0.3 is 23.9 Å². The van der Waals surface area contributed by atoms with Gasteiger partial charge in [0.1, 0.15) is 24.5 Å². The third-order valence-electron chi connectivity index (χ3n) is 5.25. The van der Waals surface area contributed by atoms with E-state index < -0.39 is 67.0 Å². The first-order valence-electron chi connectivity index (χ1n) is 11.9. The average molecular weight is 558 g/mol. The first kappa shape index (κ1) is 30.8. The van der Waals surface area contributed by atoms with Gasteiger partial charge < -0.3 is 33.7 Å². The number of rotatable bonds is 11. The molecule has 1 aliphatic rings. The van der Waals surface area contributed by atoms with Gasteiger partial charge in [0.15, 0.2) is 12.2 Å². The summed E-state index contributed by atoms with van der Waals surface area (Å²) in [6, 6.07) is 3.93. The number of carbonyl (C=O) groups is 5. The SMILES string of the molecule is CC(=O)OC[C@@H]1O[C@H](OC(C)=O)[C@H](NC(=O)CCCOc2ccc(Cl)cc2C)[C@@H](OC(C)=O)[C@H]1OC(C)=O. The lowest BCUT2D eigenvalue weighted by molar-refractivity contribution is -0.271. The maximum absolute atomic E-state index is 12.8. The van der Waals surface area contributed by atoms with Crippen molar-refractivity contribution in [1.82, 2.24) is 5.32 Å². The molecule has 0 aliphatic carbocycles. The number of benzene rings is 1. The molecule has 2 rings (SSSR count). The van der Waals surface area contributed by atoms with E-state index in [1.807, 2.05) is 6.92 Å². The van der Waals surface area contributed by atoms with E-state index in [-0.39, 0.29) is 13.0 Å². The molecule has 1 amide bonds. The van der Waals surface area contributed by atoms with Crippen molar-refractivity contribution < 1.29 is 52.4 Å². The molecule has 5 atom stereocenters. The zero-order valence-electron chi connectivity index (χ0n) is 21.8. The van der Waals surface area contributed by atoms with Gasteiger partial charge in [-0.05, 0) is 37.1 Å². The summed E-state index contributed by atoms with van der Waals surface area (Å²) in [5.41, 5.74) is 0.842. The van der Waals surface area contributed by atoms with Crippen LogP contribution in [-0.2, 0) is 47.7 Å². The lowest BCUT2D eigenvalue weighted by Gasteiger charge is -2.44. The Hall–Kier alpha value is -3.38. The van der Waals surface area contributed by atoms with Crippen molar-refractivity contribution in [3.8, 4) is 5.75 Å². The van der Waals surface area contributed by atoms with Crippen LogP contribution in [-0.4, -0.2) is 73.6 Å². The Bertz CT molecular complexity index is 1030. The van der Waals surface area contributed by atoms with Gasteiger partial charge in [-0.2, -0.15) is 0 Å². The minimum atomic E-state index is -1.44. The summed E-state index contributed by atoms with van der Waals surface area (Å²) in [6.45, 7) is 6.20. The molecule has 12 nitrogen and oxygen atoms in total. The molecule has 0 spiro atoms. The highest BCUT2D eigenvalue weighted by Crippen LogP contribution is 2.28. The smallest absolute Gasteiger partial charge is 0.305 e. The third kappa shape index (κ3) is 9.82. The number of hydrogen-bond acceptors (Lipinski definition) is 11. The van der Waals surface area contributed by atoms with E-state index in [0.29, 0.717) is 17.2 Å². The first-order valence-corrected chi connectivity index (χ1v) is 12.2. The van der Waals surface area contributed by atoms with E-state index in [4.69, 9.17) is 40.0 Å². The molecule has 1 fully saturated rings. The second kappa shape index (κ2) is 14.5. The average Bonchev–Trinajstić information content (AvgIpc) is 2.79. The Balaban J connectivity index is 2.17. The molecule has 0 aromatic heterocycles. The van der Waals surface area contributed by atoms with Gasteiger partial charge in [-0.1, -0.05) is 11.6 Å². The van der Waals surface area contributed by atoms with Gasteiger partial charge in [0, 0.05) is 39.1 Å². The Kier molecular flexibility index (Phi) is 11.8. The number of ether oxygens (including phenoxy) is 6. The lowest BCUT2D eigenvalue weighted by Crippen LogP contribution is -2.67. The zero-order valence-corrected chi connectivity index (χ0v) is 22.6. The summed E-state index contributed by atoms with van der Waals surface area (Å²) in [4.78, 5) is 59.7. The fraction of sp³-hybridized carbons (Fsp3) is 0.560. The standard InChI is InChI=1S/C25H32ClNO11/c1-13-11-18(26)8-9-19(13)33-10-6-7-21(32)27-22-24(36-16(4)30)23(35-15(3)29)20(12-34-14(2)28)38-25(22)37-17(5)31/h8-9,11,20,22-25H,6-7,10,12H2,1-5H3,(H,27,32)/t20-,22+,23-,24+,25-/m0/s1. The molecule has 1 aliphatic heterocycles. The summed E-state index contributed by atoms with van der Waals surface area (Å²) < 4.78 is 32.4. The maximum atomic E-state index is 12.8. The molecule has 1 aromatic rings. The van der Waals surface area contributed by atoms with Gasteiger partial charge in [0.25, 0.3) is 0 Å². The van der Waals surface area contributed by atoms with Crippen molar-refractivity contribution >= 4 is 41.4 Å². The number of aryl methyl sites for hydroxylation is 1. The van der Waals surface area contributed by atoms with Crippen LogP contribution in [0.3, 0.4) is 0 Å². The number of esters is 4. The van der Waals surface area contributed by atoms with Crippen molar-refractivity contribution in [3.63, 3.8) is 0 Å². The van der Waals surface area contributed by atoms with Crippen LogP contribution in [0.4, 0.5) is 0 Å². The quantitative estimate of drug-likeness (QED) is 0.241. The predicted octanol–water partition coefficient (Wildman–Crippen LogP) is 2.01. The number of halogens is 1. The Labute approximate surface area is 225 Å². The molecule has 1 aromatic carbocycles. The highest BCUT2D eigenvalue weighted by Gasteiger charge is 2.52. The topological polar surface area (TPSA) is 153 Å². The minimum Gasteiger partial charge on any atom is -0.493 e. The summed E-state index contributed by atoms with van der Waals surface area (Å²) in [6.07, 6.45) is -4.91. The monoisotopic (exact) mass is 557 g/mol. The van der Waals surface area contributed by atoms with Gasteiger partial charge in [-0.3, -0.25) is 24.0 Å². The fourth-order valence-electron chi connectivity index (χ4n) is 3.77. The molecule has 210 valence electrons. The van der Waals surface area contributed by atoms with Gasteiger partial charge in [0.05, 0.1) is 6.61 Å². The molecular formula is C25H32ClNO11. The van der Waals surface area contributed by atoms with E-state index in [0.717, 1.165) is 33.3 Å². The molecule has 0 radical (unpaired) electrons. The second-order valence-corrected chi connectivity index (χ2v) is 8.99. The second-order valence-electron chi connectivity index (χ2n) is 8.56. The molecule has 0 saturated carbocycles. The Morgan fingerprint density at radius 3 is 2.13 bits per heavy atom. The molecular weight excluding hydrogens is 526 g/mol. The molecule has 13 heteroatoms. The van der Waals surface area contributed by atoms with E-state index in [1.54, 1.807) is 18.2 Å². The number of carbonyl (C=O) groups excluding carboxylic acids is 5. The minimum absolute atomic E-state index is 0.00215. The van der Waals surface area contributed by atoms with Crippen molar-refractivity contribution in [2.24, 2.45) is 0 Å². The van der Waals surface area contributed by atoms with Gasteiger partial charge in [0.2, 0.25) is 12.2 Å². The summed E-state index contributed by atoms with van der Waals surface area (Å²) in [7, 11) is 0. The normalized spacial score (nSPS) is 22.5. The molecule has 0 unspecified atom stereocenters.